The van der Waals surface area contributed by atoms with Crippen LogP contribution in [0.15, 0.2) is 30.3 Å². The minimum Gasteiger partial charge on any atom is -0.494 e. The monoisotopic (exact) mass is 278 g/mol. The summed E-state index contributed by atoms with van der Waals surface area (Å²) < 4.78 is 5.67. The van der Waals surface area contributed by atoms with E-state index in [0.717, 1.165) is 31.9 Å². The molecule has 1 aliphatic rings. The van der Waals surface area contributed by atoms with E-state index >= 15 is 0 Å². The van der Waals surface area contributed by atoms with Crippen molar-refractivity contribution in [3.8, 4) is 5.75 Å². The quantitative estimate of drug-likeness (QED) is 0.775. The Hall–Kier alpha value is -1.06. The number of hydrogen-bond donors (Lipinski definition) is 1. The number of piperazine rings is 1. The van der Waals surface area contributed by atoms with Gasteiger partial charge in [-0.05, 0) is 37.9 Å². The van der Waals surface area contributed by atoms with E-state index in [-0.39, 0.29) is 0 Å². The predicted octanol–water partition coefficient (Wildman–Crippen LogP) is 3.17. The van der Waals surface area contributed by atoms with E-state index in [1.165, 1.54) is 32.5 Å². The van der Waals surface area contributed by atoms with Crippen LogP contribution in [0.3, 0.4) is 0 Å². The van der Waals surface area contributed by atoms with Crippen LogP contribution in [-0.2, 0) is 0 Å². The van der Waals surface area contributed by atoms with Crippen molar-refractivity contribution in [3.05, 3.63) is 30.3 Å². The normalized spacial score (nSPS) is 15.3. The van der Waals surface area contributed by atoms with Gasteiger partial charge in [0.25, 0.3) is 0 Å². The Labute approximate surface area is 124 Å². The lowest BCUT2D eigenvalue weighted by Crippen LogP contribution is -2.43. The molecule has 2 rings (SSSR count). The lowest BCUT2D eigenvalue weighted by atomic mass is 10.2. The van der Waals surface area contributed by atoms with E-state index < -0.39 is 0 Å². The predicted molar refractivity (Wildman–Crippen MR) is 86.4 cm³/mol. The van der Waals surface area contributed by atoms with Crippen molar-refractivity contribution in [3.63, 3.8) is 0 Å². The van der Waals surface area contributed by atoms with Crippen LogP contribution in [0.5, 0.6) is 5.75 Å². The second-order valence-electron chi connectivity index (χ2n) is 4.81. The summed E-state index contributed by atoms with van der Waals surface area (Å²) in [6.07, 6.45) is 3.70. The van der Waals surface area contributed by atoms with E-state index in [9.17, 15) is 0 Å². The molecule has 0 radical (unpaired) electrons. The van der Waals surface area contributed by atoms with Crippen LogP contribution in [-0.4, -0.2) is 44.2 Å². The summed E-state index contributed by atoms with van der Waals surface area (Å²) >= 11 is 0. The molecule has 0 bridgehead atoms. The standard InChI is InChI=1S/C15H24N2O.C2H6/c1-3-7-15(8-4-1)18-14-6-2-5-11-17-12-9-16-10-13-17;1-2/h1,3-4,7-8,16H,2,5-6,9-14H2;1-2H3. The molecule has 1 heterocycles. The summed E-state index contributed by atoms with van der Waals surface area (Å²) in [5.74, 6) is 0.986. The summed E-state index contributed by atoms with van der Waals surface area (Å²) in [6, 6.07) is 10.1. The fourth-order valence-corrected chi connectivity index (χ4v) is 2.26. The van der Waals surface area contributed by atoms with Crippen LogP contribution >= 0.6 is 0 Å². The largest absolute Gasteiger partial charge is 0.494 e. The fraction of sp³-hybridized carbons (Fsp3) is 0.647. The average Bonchev–Trinajstić information content (AvgIpc) is 2.55. The molecule has 0 amide bonds. The zero-order valence-electron chi connectivity index (χ0n) is 13.1. The van der Waals surface area contributed by atoms with Gasteiger partial charge in [-0.25, -0.2) is 0 Å². The Morgan fingerprint density at radius 3 is 2.40 bits per heavy atom. The SMILES string of the molecule is CC.c1ccc(OCCCCCN2CCNCC2)cc1. The number of hydrogen-bond acceptors (Lipinski definition) is 3. The number of rotatable bonds is 7. The average molecular weight is 278 g/mol. The number of ether oxygens (including phenoxy) is 1. The summed E-state index contributed by atoms with van der Waals surface area (Å²) in [6.45, 7) is 10.8. The van der Waals surface area contributed by atoms with Crippen LogP contribution in [0.25, 0.3) is 0 Å². The Morgan fingerprint density at radius 2 is 1.70 bits per heavy atom. The van der Waals surface area contributed by atoms with Crippen LogP contribution in [0, 0.1) is 0 Å². The molecule has 1 aromatic carbocycles. The molecule has 20 heavy (non-hydrogen) atoms. The van der Waals surface area contributed by atoms with Gasteiger partial charge < -0.3 is 15.0 Å². The van der Waals surface area contributed by atoms with Gasteiger partial charge in [-0.1, -0.05) is 32.0 Å². The second kappa shape index (κ2) is 11.7. The first-order valence-electron chi connectivity index (χ1n) is 8.06. The number of para-hydroxylation sites is 1. The zero-order chi connectivity index (χ0) is 14.5. The van der Waals surface area contributed by atoms with Gasteiger partial charge in [0.15, 0.2) is 0 Å². The Balaban J connectivity index is 0.000000956. The molecule has 1 aliphatic heterocycles. The van der Waals surface area contributed by atoms with Gasteiger partial charge in [0, 0.05) is 26.2 Å². The molecule has 1 saturated heterocycles. The van der Waals surface area contributed by atoms with Crippen molar-refractivity contribution >= 4 is 0 Å². The zero-order valence-corrected chi connectivity index (χ0v) is 13.1. The van der Waals surface area contributed by atoms with Crippen molar-refractivity contribution in [2.24, 2.45) is 0 Å². The van der Waals surface area contributed by atoms with Crippen molar-refractivity contribution < 1.29 is 4.74 Å². The van der Waals surface area contributed by atoms with Gasteiger partial charge in [0.1, 0.15) is 5.75 Å². The molecule has 3 heteroatoms. The van der Waals surface area contributed by atoms with Crippen molar-refractivity contribution in [2.75, 3.05) is 39.3 Å². The molecule has 0 spiro atoms. The first-order valence-corrected chi connectivity index (χ1v) is 8.06. The highest BCUT2D eigenvalue weighted by molar-refractivity contribution is 5.20. The third-order valence-electron chi connectivity index (χ3n) is 3.34. The van der Waals surface area contributed by atoms with Gasteiger partial charge >= 0.3 is 0 Å². The first-order chi connectivity index (χ1) is 9.95. The third kappa shape index (κ3) is 7.51. The molecule has 0 aromatic heterocycles. The Kier molecular flexibility index (Phi) is 9.98. The second-order valence-corrected chi connectivity index (χ2v) is 4.81. The Morgan fingerprint density at radius 1 is 1.00 bits per heavy atom. The highest BCUT2D eigenvalue weighted by Gasteiger charge is 2.07. The van der Waals surface area contributed by atoms with Crippen molar-refractivity contribution in [1.82, 2.24) is 10.2 Å². The molecule has 0 unspecified atom stereocenters. The lowest BCUT2D eigenvalue weighted by Gasteiger charge is -2.26. The maximum absolute atomic E-state index is 5.67. The molecule has 1 aromatic rings. The van der Waals surface area contributed by atoms with E-state index in [1.807, 2.05) is 44.2 Å². The van der Waals surface area contributed by atoms with Gasteiger partial charge in [0.2, 0.25) is 0 Å². The number of benzene rings is 1. The fourth-order valence-electron chi connectivity index (χ4n) is 2.26. The molecular formula is C17H30N2O. The number of nitrogens with one attached hydrogen (secondary N) is 1. The van der Waals surface area contributed by atoms with Crippen molar-refractivity contribution in [1.29, 1.82) is 0 Å². The molecule has 1 fully saturated rings. The summed E-state index contributed by atoms with van der Waals surface area (Å²) in [5.41, 5.74) is 0. The van der Waals surface area contributed by atoms with Crippen molar-refractivity contribution in [2.45, 2.75) is 33.1 Å². The maximum atomic E-state index is 5.67. The summed E-state index contributed by atoms with van der Waals surface area (Å²) in [4.78, 5) is 2.55. The molecule has 1 N–H and O–H groups in total. The summed E-state index contributed by atoms with van der Waals surface area (Å²) in [7, 11) is 0. The molecule has 0 saturated carbocycles. The first kappa shape index (κ1) is 17.0. The van der Waals surface area contributed by atoms with E-state index in [4.69, 9.17) is 4.74 Å². The molecule has 0 atom stereocenters. The van der Waals surface area contributed by atoms with Crippen LogP contribution in [0.1, 0.15) is 33.1 Å². The van der Waals surface area contributed by atoms with Gasteiger partial charge in [-0.3, -0.25) is 0 Å². The third-order valence-corrected chi connectivity index (χ3v) is 3.34. The Bertz CT molecular complexity index is 310. The van der Waals surface area contributed by atoms with E-state index in [0.29, 0.717) is 0 Å². The van der Waals surface area contributed by atoms with Gasteiger partial charge in [0.05, 0.1) is 6.61 Å². The smallest absolute Gasteiger partial charge is 0.119 e. The molecule has 114 valence electrons. The van der Waals surface area contributed by atoms with Crippen LogP contribution in [0.2, 0.25) is 0 Å². The van der Waals surface area contributed by atoms with E-state index in [2.05, 4.69) is 10.2 Å². The number of nitrogens with zero attached hydrogens (tertiary/aromatic N) is 1. The topological polar surface area (TPSA) is 24.5 Å². The van der Waals surface area contributed by atoms with Gasteiger partial charge in [-0.15, -0.1) is 0 Å². The molecule has 0 aliphatic carbocycles. The highest BCUT2D eigenvalue weighted by Crippen LogP contribution is 2.09. The molecule has 3 nitrogen and oxygen atoms in total. The van der Waals surface area contributed by atoms with E-state index in [1.54, 1.807) is 0 Å². The lowest BCUT2D eigenvalue weighted by molar-refractivity contribution is 0.232. The maximum Gasteiger partial charge on any atom is 0.119 e. The minimum atomic E-state index is 0.839. The minimum absolute atomic E-state index is 0.839. The molecular weight excluding hydrogens is 248 g/mol. The number of unbranched alkanes of at least 4 members (excludes halogenated alkanes) is 2. The van der Waals surface area contributed by atoms with Crippen LogP contribution in [0.4, 0.5) is 0 Å². The van der Waals surface area contributed by atoms with Gasteiger partial charge in [-0.2, -0.15) is 0 Å². The highest BCUT2D eigenvalue weighted by atomic mass is 16.5. The summed E-state index contributed by atoms with van der Waals surface area (Å²) in [5, 5.41) is 3.38. The van der Waals surface area contributed by atoms with Crippen LogP contribution < -0.4 is 10.1 Å².